The lowest BCUT2D eigenvalue weighted by atomic mass is 9.99. The number of hydrogen-bond acceptors (Lipinski definition) is 9. The number of carbonyl (C=O) groups excluding carboxylic acids is 1. The lowest BCUT2D eigenvalue weighted by molar-refractivity contribution is -0.305. The molecule has 9 heteroatoms. The number of rotatable bonds is 54. The summed E-state index contributed by atoms with van der Waals surface area (Å²) in [4.78, 5) is 12.9. The molecule has 0 aliphatic carbocycles. The third-order valence-electron chi connectivity index (χ3n) is 14.5. The number of aliphatic hydroxyl groups is 4. The van der Waals surface area contributed by atoms with Crippen molar-refractivity contribution < 1.29 is 44.2 Å². The van der Waals surface area contributed by atoms with Gasteiger partial charge in [-0.25, -0.2) is 0 Å². The van der Waals surface area contributed by atoms with Crippen molar-refractivity contribution in [3.05, 3.63) is 0 Å². The summed E-state index contributed by atoms with van der Waals surface area (Å²) >= 11 is 0. The Hall–Kier alpha value is -0.810. The number of carbonyl (C=O) groups is 1. The summed E-state index contributed by atoms with van der Waals surface area (Å²) in [6.07, 6.45) is 53.0. The highest BCUT2D eigenvalue weighted by molar-refractivity contribution is 5.69. The van der Waals surface area contributed by atoms with Crippen molar-refractivity contribution in [2.75, 3.05) is 26.4 Å². The van der Waals surface area contributed by atoms with E-state index < -0.39 is 43.4 Å². The Morgan fingerprint density at radius 3 is 1.04 bits per heavy atom. The largest absolute Gasteiger partial charge is 0.457 e. The van der Waals surface area contributed by atoms with E-state index in [1.54, 1.807) is 0 Å². The highest BCUT2D eigenvalue weighted by Crippen LogP contribution is 2.23. The maximum absolute atomic E-state index is 12.9. The normalized spacial score (nSPS) is 18.9. The lowest BCUT2D eigenvalue weighted by Gasteiger charge is -2.39. The van der Waals surface area contributed by atoms with E-state index in [1.807, 2.05) is 0 Å². The van der Waals surface area contributed by atoms with Gasteiger partial charge in [0.25, 0.3) is 0 Å². The smallest absolute Gasteiger partial charge is 0.306 e. The highest BCUT2D eigenvalue weighted by atomic mass is 16.7. The molecule has 0 radical (unpaired) electrons. The number of unbranched alkanes of at least 4 members (excludes halogenated alkanes) is 43. The molecule has 406 valence electrons. The predicted molar refractivity (Wildman–Crippen MR) is 284 cm³/mol. The molecule has 1 aliphatic heterocycles. The molecule has 6 atom stereocenters. The molecule has 0 aromatic rings. The Labute approximate surface area is 421 Å². The van der Waals surface area contributed by atoms with Crippen molar-refractivity contribution in [3.63, 3.8) is 0 Å². The van der Waals surface area contributed by atoms with Crippen LogP contribution < -0.4 is 0 Å². The second kappa shape index (κ2) is 51.1. The van der Waals surface area contributed by atoms with Gasteiger partial charge in [0, 0.05) is 13.0 Å². The van der Waals surface area contributed by atoms with Gasteiger partial charge in [0.2, 0.25) is 0 Å². The minimum absolute atomic E-state index is 0.104. The van der Waals surface area contributed by atoms with Crippen LogP contribution in [0.3, 0.4) is 0 Å². The molecule has 1 heterocycles. The fourth-order valence-corrected chi connectivity index (χ4v) is 9.85. The van der Waals surface area contributed by atoms with E-state index in [0.29, 0.717) is 13.0 Å². The molecule has 0 aromatic carbocycles. The van der Waals surface area contributed by atoms with Crippen LogP contribution in [0, 0.1) is 0 Å². The van der Waals surface area contributed by atoms with Gasteiger partial charge in [0.15, 0.2) is 6.29 Å². The van der Waals surface area contributed by atoms with Gasteiger partial charge in [-0.3, -0.25) is 4.79 Å². The standard InChI is InChI=1S/C59H116O9/c1-3-5-7-9-11-13-15-17-19-21-23-25-26-27-29-31-33-35-37-39-41-43-45-47-49-65-51-53(52-66-59-58(64)57(63)56(62)54(50-60)68-59)67-55(61)48-46-44-42-40-38-36-34-32-30-28-24-22-20-18-16-14-12-10-8-6-4-2/h53-54,56-60,62-64H,3-52H2,1-2H3. The summed E-state index contributed by atoms with van der Waals surface area (Å²) in [6.45, 7) is 4.65. The lowest BCUT2D eigenvalue weighted by Crippen LogP contribution is -2.59. The Balaban J connectivity index is 2.11. The SMILES string of the molecule is CCCCCCCCCCCCCCCCCCCCCCCCCCOCC(COC1OC(CO)C(O)C(O)C1O)OC(=O)CCCCCCCCCCCCCCCCCCCCCCC. The summed E-state index contributed by atoms with van der Waals surface area (Å²) in [5.74, 6) is -0.302. The molecule has 68 heavy (non-hydrogen) atoms. The third kappa shape index (κ3) is 40.7. The number of esters is 1. The molecule has 0 bridgehead atoms. The number of aliphatic hydroxyl groups excluding tert-OH is 4. The zero-order chi connectivity index (χ0) is 49.2. The van der Waals surface area contributed by atoms with Crippen LogP contribution in [0.1, 0.15) is 309 Å². The molecule has 0 amide bonds. The van der Waals surface area contributed by atoms with Gasteiger partial charge in [0.1, 0.15) is 30.5 Å². The summed E-state index contributed by atoms with van der Waals surface area (Å²) in [5, 5.41) is 40.4. The Morgan fingerprint density at radius 2 is 0.721 bits per heavy atom. The van der Waals surface area contributed by atoms with Crippen LogP contribution in [0.15, 0.2) is 0 Å². The first-order chi connectivity index (χ1) is 33.4. The molecule has 0 aromatic heterocycles. The van der Waals surface area contributed by atoms with Crippen molar-refractivity contribution in [1.29, 1.82) is 0 Å². The Kier molecular flexibility index (Phi) is 49.0. The Bertz CT molecular complexity index is 1010. The van der Waals surface area contributed by atoms with E-state index in [9.17, 15) is 25.2 Å². The van der Waals surface area contributed by atoms with Gasteiger partial charge in [-0.05, 0) is 12.8 Å². The molecular weight excluding hydrogens is 853 g/mol. The fourth-order valence-electron chi connectivity index (χ4n) is 9.85. The van der Waals surface area contributed by atoms with Gasteiger partial charge < -0.3 is 39.4 Å². The van der Waals surface area contributed by atoms with E-state index in [-0.39, 0.29) is 19.2 Å². The van der Waals surface area contributed by atoms with Crippen molar-refractivity contribution in [2.24, 2.45) is 0 Å². The van der Waals surface area contributed by atoms with Crippen LogP contribution in [0.25, 0.3) is 0 Å². The topological polar surface area (TPSA) is 135 Å². The van der Waals surface area contributed by atoms with E-state index in [1.165, 1.54) is 257 Å². The molecule has 9 nitrogen and oxygen atoms in total. The maximum Gasteiger partial charge on any atom is 0.306 e. The van der Waals surface area contributed by atoms with Gasteiger partial charge in [-0.2, -0.15) is 0 Å². The average Bonchev–Trinajstić information content (AvgIpc) is 3.34. The van der Waals surface area contributed by atoms with Crippen molar-refractivity contribution >= 4 is 5.97 Å². The third-order valence-corrected chi connectivity index (χ3v) is 14.5. The number of ether oxygens (including phenoxy) is 4. The summed E-state index contributed by atoms with van der Waals surface area (Å²) in [5.41, 5.74) is 0. The second-order valence-corrected chi connectivity index (χ2v) is 21.2. The van der Waals surface area contributed by atoms with Crippen molar-refractivity contribution in [2.45, 2.75) is 346 Å². The molecule has 1 rings (SSSR count). The molecule has 1 aliphatic rings. The molecule has 1 saturated heterocycles. The molecule has 0 spiro atoms. The summed E-state index contributed by atoms with van der Waals surface area (Å²) < 4.78 is 23.0. The van der Waals surface area contributed by atoms with Gasteiger partial charge >= 0.3 is 5.97 Å². The minimum Gasteiger partial charge on any atom is -0.457 e. The average molecular weight is 970 g/mol. The quantitative estimate of drug-likeness (QED) is 0.0347. The Morgan fingerprint density at radius 1 is 0.412 bits per heavy atom. The van der Waals surface area contributed by atoms with E-state index in [0.717, 1.165) is 32.1 Å². The van der Waals surface area contributed by atoms with Crippen LogP contribution in [0.4, 0.5) is 0 Å². The highest BCUT2D eigenvalue weighted by Gasteiger charge is 2.44. The van der Waals surface area contributed by atoms with E-state index >= 15 is 0 Å². The van der Waals surface area contributed by atoms with E-state index in [4.69, 9.17) is 18.9 Å². The molecule has 6 unspecified atom stereocenters. The van der Waals surface area contributed by atoms with Crippen LogP contribution in [-0.2, 0) is 23.7 Å². The van der Waals surface area contributed by atoms with Gasteiger partial charge in [-0.1, -0.05) is 290 Å². The predicted octanol–water partition coefficient (Wildman–Crippen LogP) is 15.7. The first kappa shape index (κ1) is 65.2. The number of hydrogen-bond donors (Lipinski definition) is 4. The van der Waals surface area contributed by atoms with Crippen LogP contribution in [0.5, 0.6) is 0 Å². The monoisotopic (exact) mass is 969 g/mol. The summed E-state index contributed by atoms with van der Waals surface area (Å²) in [6, 6.07) is 0. The fraction of sp³-hybridized carbons (Fsp3) is 0.983. The summed E-state index contributed by atoms with van der Waals surface area (Å²) in [7, 11) is 0. The minimum atomic E-state index is -1.53. The van der Waals surface area contributed by atoms with Crippen LogP contribution in [0.2, 0.25) is 0 Å². The van der Waals surface area contributed by atoms with Crippen LogP contribution >= 0.6 is 0 Å². The molecular formula is C59H116O9. The van der Waals surface area contributed by atoms with Crippen molar-refractivity contribution in [1.82, 2.24) is 0 Å². The second-order valence-electron chi connectivity index (χ2n) is 21.2. The molecule has 0 saturated carbocycles. The maximum atomic E-state index is 12.9. The molecule has 1 fully saturated rings. The van der Waals surface area contributed by atoms with Crippen molar-refractivity contribution in [3.8, 4) is 0 Å². The zero-order valence-corrected chi connectivity index (χ0v) is 45.1. The molecule has 4 N–H and O–H groups in total. The zero-order valence-electron chi connectivity index (χ0n) is 45.1. The van der Waals surface area contributed by atoms with Crippen LogP contribution in [-0.4, -0.2) is 89.6 Å². The van der Waals surface area contributed by atoms with E-state index in [2.05, 4.69) is 13.8 Å². The van der Waals surface area contributed by atoms with Gasteiger partial charge in [-0.15, -0.1) is 0 Å². The first-order valence-corrected chi connectivity index (χ1v) is 30.1. The van der Waals surface area contributed by atoms with Gasteiger partial charge in [0.05, 0.1) is 19.8 Å². The first-order valence-electron chi connectivity index (χ1n) is 30.1.